The van der Waals surface area contributed by atoms with Crippen LogP contribution in [0.2, 0.25) is 0 Å². The highest BCUT2D eigenvalue weighted by Gasteiger charge is 2.23. The van der Waals surface area contributed by atoms with Gasteiger partial charge in [0.25, 0.3) is 5.91 Å². The summed E-state index contributed by atoms with van der Waals surface area (Å²) in [5.41, 5.74) is 2.81. The number of hydrogen-bond donors (Lipinski definition) is 2. The second-order valence-electron chi connectivity index (χ2n) is 6.93. The number of ether oxygens (including phenoxy) is 1. The van der Waals surface area contributed by atoms with Crippen LogP contribution in [-0.2, 0) is 17.8 Å². The summed E-state index contributed by atoms with van der Waals surface area (Å²) in [5.74, 6) is 0.643. The molecule has 1 atom stereocenters. The van der Waals surface area contributed by atoms with Gasteiger partial charge in [0.2, 0.25) is 0 Å². The predicted molar refractivity (Wildman–Crippen MR) is 100 cm³/mol. The number of carbonyl (C=O) groups excluding carboxylic acids is 2. The molecule has 0 unspecified atom stereocenters. The first-order valence-electron chi connectivity index (χ1n) is 9.14. The molecule has 0 aliphatic carbocycles. The van der Waals surface area contributed by atoms with E-state index in [0.717, 1.165) is 13.0 Å². The lowest BCUT2D eigenvalue weighted by atomic mass is 10.1. The normalized spacial score (nSPS) is 18.2. The molecule has 140 valence electrons. The topological polar surface area (TPSA) is 83.6 Å². The van der Waals surface area contributed by atoms with Crippen molar-refractivity contribution in [1.29, 1.82) is 0 Å². The summed E-state index contributed by atoms with van der Waals surface area (Å²) in [6.45, 7) is 3.25. The molecule has 1 aromatic carbocycles. The van der Waals surface area contributed by atoms with Crippen molar-refractivity contribution >= 4 is 17.8 Å². The van der Waals surface area contributed by atoms with Gasteiger partial charge in [0.15, 0.2) is 0 Å². The quantitative estimate of drug-likeness (QED) is 0.870. The van der Waals surface area contributed by atoms with Gasteiger partial charge in [-0.05, 0) is 29.7 Å². The molecule has 2 aliphatic rings. The van der Waals surface area contributed by atoms with Gasteiger partial charge in [-0.2, -0.15) is 0 Å². The molecule has 7 nitrogen and oxygen atoms in total. The summed E-state index contributed by atoms with van der Waals surface area (Å²) >= 11 is 0. The van der Waals surface area contributed by atoms with Crippen molar-refractivity contribution in [2.75, 3.05) is 25.1 Å². The molecule has 1 aromatic heterocycles. The van der Waals surface area contributed by atoms with Crippen molar-refractivity contribution < 1.29 is 14.3 Å². The summed E-state index contributed by atoms with van der Waals surface area (Å²) in [6.07, 6.45) is 2.46. The van der Waals surface area contributed by atoms with E-state index in [1.165, 1.54) is 17.3 Å². The zero-order valence-corrected chi connectivity index (χ0v) is 15.0. The number of aromatic nitrogens is 1. The van der Waals surface area contributed by atoms with Crippen LogP contribution in [0.1, 0.15) is 27.9 Å². The third kappa shape index (κ3) is 4.09. The van der Waals surface area contributed by atoms with Crippen molar-refractivity contribution in [2.45, 2.75) is 19.5 Å². The van der Waals surface area contributed by atoms with E-state index in [-0.39, 0.29) is 11.9 Å². The Kier molecular flexibility index (Phi) is 5.02. The SMILES string of the molecule is O=C(NC[C@H]1CCOC1)c1ccc(NC(=O)N2Cc3ccccc3C2)nc1. The molecule has 2 aromatic rings. The number of nitrogens with one attached hydrogen (secondary N) is 2. The van der Waals surface area contributed by atoms with Gasteiger partial charge in [0.1, 0.15) is 5.82 Å². The number of amides is 3. The highest BCUT2D eigenvalue weighted by atomic mass is 16.5. The number of benzene rings is 1. The minimum absolute atomic E-state index is 0.165. The lowest BCUT2D eigenvalue weighted by Gasteiger charge is -2.16. The summed E-state index contributed by atoms with van der Waals surface area (Å²) in [5, 5.41) is 5.69. The lowest BCUT2D eigenvalue weighted by Crippen LogP contribution is -2.31. The first-order chi connectivity index (χ1) is 13.2. The molecule has 2 N–H and O–H groups in total. The average molecular weight is 366 g/mol. The van der Waals surface area contributed by atoms with E-state index in [1.807, 2.05) is 24.3 Å². The Morgan fingerprint density at radius 1 is 1.15 bits per heavy atom. The number of pyridine rings is 1. The number of anilines is 1. The van der Waals surface area contributed by atoms with E-state index >= 15 is 0 Å². The maximum Gasteiger partial charge on any atom is 0.323 e. The molecule has 4 rings (SSSR count). The standard InChI is InChI=1S/C20H22N4O3/c25-19(22-9-14-7-8-27-13-14)15-5-6-18(21-10-15)23-20(26)24-11-16-3-1-2-4-17(16)12-24/h1-6,10,14H,7-9,11-13H2,(H,22,25)(H,21,23,26)/t14-/m1/s1. The monoisotopic (exact) mass is 366 g/mol. The summed E-state index contributed by atoms with van der Waals surface area (Å²) in [6, 6.07) is 11.1. The molecule has 27 heavy (non-hydrogen) atoms. The third-order valence-corrected chi connectivity index (χ3v) is 4.96. The highest BCUT2D eigenvalue weighted by molar-refractivity contribution is 5.94. The fourth-order valence-corrected chi connectivity index (χ4v) is 3.35. The maximum absolute atomic E-state index is 12.4. The van der Waals surface area contributed by atoms with Crippen LogP contribution in [0.4, 0.5) is 10.6 Å². The number of carbonyl (C=O) groups is 2. The number of rotatable bonds is 4. The first-order valence-corrected chi connectivity index (χ1v) is 9.14. The Balaban J connectivity index is 1.30. The van der Waals surface area contributed by atoms with Crippen LogP contribution < -0.4 is 10.6 Å². The smallest absolute Gasteiger partial charge is 0.323 e. The number of urea groups is 1. The second kappa shape index (κ2) is 7.75. The molecule has 0 saturated carbocycles. The van der Waals surface area contributed by atoms with Gasteiger partial charge in [-0.3, -0.25) is 10.1 Å². The van der Waals surface area contributed by atoms with E-state index in [2.05, 4.69) is 15.6 Å². The zero-order chi connectivity index (χ0) is 18.6. The molecule has 0 bridgehead atoms. The van der Waals surface area contributed by atoms with Crippen LogP contribution in [-0.4, -0.2) is 41.6 Å². The van der Waals surface area contributed by atoms with E-state index in [4.69, 9.17) is 4.74 Å². The molecular formula is C20H22N4O3. The maximum atomic E-state index is 12.4. The molecule has 1 fully saturated rings. The van der Waals surface area contributed by atoms with E-state index in [9.17, 15) is 9.59 Å². The molecular weight excluding hydrogens is 344 g/mol. The van der Waals surface area contributed by atoms with Crippen LogP contribution in [0.15, 0.2) is 42.6 Å². The van der Waals surface area contributed by atoms with Gasteiger partial charge in [-0.15, -0.1) is 0 Å². The average Bonchev–Trinajstić information content (AvgIpc) is 3.36. The number of nitrogens with zero attached hydrogens (tertiary/aromatic N) is 2. The van der Waals surface area contributed by atoms with Gasteiger partial charge in [0.05, 0.1) is 12.2 Å². The summed E-state index contributed by atoms with van der Waals surface area (Å²) in [7, 11) is 0. The van der Waals surface area contributed by atoms with Gasteiger partial charge in [0, 0.05) is 38.4 Å². The fraction of sp³-hybridized carbons (Fsp3) is 0.350. The Morgan fingerprint density at radius 2 is 1.93 bits per heavy atom. The number of hydrogen-bond acceptors (Lipinski definition) is 4. The number of fused-ring (bicyclic) bond motifs is 1. The summed E-state index contributed by atoms with van der Waals surface area (Å²) < 4.78 is 5.30. The van der Waals surface area contributed by atoms with Crippen molar-refractivity contribution in [1.82, 2.24) is 15.2 Å². The third-order valence-electron chi connectivity index (χ3n) is 4.96. The van der Waals surface area contributed by atoms with E-state index < -0.39 is 0 Å². The zero-order valence-electron chi connectivity index (χ0n) is 15.0. The predicted octanol–water partition coefficient (Wildman–Crippen LogP) is 2.40. The molecule has 7 heteroatoms. The van der Waals surface area contributed by atoms with Gasteiger partial charge in [-0.25, -0.2) is 9.78 Å². The van der Waals surface area contributed by atoms with Crippen molar-refractivity contribution in [2.24, 2.45) is 5.92 Å². The largest absolute Gasteiger partial charge is 0.381 e. The van der Waals surface area contributed by atoms with E-state index in [0.29, 0.717) is 43.5 Å². The van der Waals surface area contributed by atoms with Crippen molar-refractivity contribution in [3.8, 4) is 0 Å². The molecule has 0 spiro atoms. The van der Waals surface area contributed by atoms with Crippen LogP contribution in [0.5, 0.6) is 0 Å². The molecule has 3 heterocycles. The Hall–Kier alpha value is -2.93. The van der Waals surface area contributed by atoms with Crippen molar-refractivity contribution in [3.63, 3.8) is 0 Å². The lowest BCUT2D eigenvalue weighted by molar-refractivity contribution is 0.0944. The molecule has 2 aliphatic heterocycles. The fourth-order valence-electron chi connectivity index (χ4n) is 3.35. The first kappa shape index (κ1) is 17.5. The van der Waals surface area contributed by atoms with Gasteiger partial charge in [-0.1, -0.05) is 24.3 Å². The van der Waals surface area contributed by atoms with E-state index in [1.54, 1.807) is 17.0 Å². The Labute approximate surface area is 157 Å². The van der Waals surface area contributed by atoms with Crippen LogP contribution >= 0.6 is 0 Å². The minimum atomic E-state index is -0.197. The Morgan fingerprint density at radius 3 is 2.56 bits per heavy atom. The van der Waals surface area contributed by atoms with Crippen LogP contribution in [0.25, 0.3) is 0 Å². The molecule has 0 radical (unpaired) electrons. The minimum Gasteiger partial charge on any atom is -0.381 e. The van der Waals surface area contributed by atoms with Gasteiger partial charge >= 0.3 is 6.03 Å². The highest BCUT2D eigenvalue weighted by Crippen LogP contribution is 2.22. The van der Waals surface area contributed by atoms with Crippen LogP contribution in [0.3, 0.4) is 0 Å². The van der Waals surface area contributed by atoms with Gasteiger partial charge < -0.3 is 15.0 Å². The van der Waals surface area contributed by atoms with Crippen molar-refractivity contribution in [3.05, 3.63) is 59.3 Å². The second-order valence-corrected chi connectivity index (χ2v) is 6.93. The summed E-state index contributed by atoms with van der Waals surface area (Å²) in [4.78, 5) is 30.5. The van der Waals surface area contributed by atoms with Crippen LogP contribution in [0, 0.1) is 5.92 Å². The molecule has 1 saturated heterocycles. The molecule has 3 amide bonds. The Bertz CT molecular complexity index is 806.